The minimum Gasteiger partial charge on any atom is -0.495 e. The number of ketones is 1. The monoisotopic (exact) mass is 511 g/mol. The number of hydrogen-bond acceptors (Lipinski definition) is 5. The van der Waals surface area contributed by atoms with Crippen molar-refractivity contribution < 1.29 is 18.7 Å². The van der Waals surface area contributed by atoms with Crippen molar-refractivity contribution in [2.45, 2.75) is 45.3 Å². The van der Waals surface area contributed by atoms with E-state index >= 15 is 0 Å². The second-order valence-electron chi connectivity index (χ2n) is 10.5. The van der Waals surface area contributed by atoms with Gasteiger partial charge in [0.25, 0.3) is 8.32 Å². The van der Waals surface area contributed by atoms with Crippen molar-refractivity contribution in [3.05, 3.63) is 89.6 Å². The molecule has 1 aliphatic carbocycles. The van der Waals surface area contributed by atoms with E-state index in [0.717, 1.165) is 28.5 Å². The molecule has 0 N–H and O–H groups in total. The minimum absolute atomic E-state index is 0.106. The van der Waals surface area contributed by atoms with Gasteiger partial charge in [-0.25, -0.2) is 4.98 Å². The second-order valence-corrected chi connectivity index (χ2v) is 14.8. The van der Waals surface area contributed by atoms with Crippen LogP contribution in [0.1, 0.15) is 48.8 Å². The van der Waals surface area contributed by atoms with Crippen molar-refractivity contribution in [1.82, 2.24) is 4.98 Å². The molecule has 4 aromatic rings. The number of aromatic nitrogens is 1. The van der Waals surface area contributed by atoms with Crippen molar-refractivity contribution in [2.75, 3.05) is 14.2 Å². The first kappa shape index (κ1) is 25.2. The quantitative estimate of drug-likeness (QED) is 0.309. The maximum Gasteiger partial charge on any atom is 0.261 e. The molecule has 5 rings (SSSR count). The highest BCUT2D eigenvalue weighted by atomic mass is 28.4. The Morgan fingerprint density at radius 2 is 1.49 bits per heavy atom. The lowest BCUT2D eigenvalue weighted by Gasteiger charge is -2.43. The summed E-state index contributed by atoms with van der Waals surface area (Å²) in [5.74, 6) is 1.10. The molecule has 1 aliphatic rings. The number of rotatable bonds is 7. The number of pyridine rings is 1. The summed E-state index contributed by atoms with van der Waals surface area (Å²) in [6, 6.07) is 25.3. The molecule has 0 saturated heterocycles. The summed E-state index contributed by atoms with van der Waals surface area (Å²) in [5, 5.41) is 3.98. The SMILES string of the molecule is COc1nc(CO[Si](c2ccccc2)(c2ccccc2)C(C)(C)C)cc2cc3c(c(OC)c12)C(=O)CC3. The zero-order valence-corrected chi connectivity index (χ0v) is 23.1. The van der Waals surface area contributed by atoms with Crippen molar-refractivity contribution in [2.24, 2.45) is 0 Å². The molecular weight excluding hydrogens is 478 g/mol. The van der Waals surface area contributed by atoms with Gasteiger partial charge in [0.05, 0.1) is 37.5 Å². The topological polar surface area (TPSA) is 57.6 Å². The number of hydrogen-bond donors (Lipinski definition) is 0. The molecule has 0 unspecified atom stereocenters. The van der Waals surface area contributed by atoms with Gasteiger partial charge in [-0.3, -0.25) is 4.79 Å². The van der Waals surface area contributed by atoms with Crippen LogP contribution >= 0.6 is 0 Å². The Balaban J connectivity index is 1.64. The van der Waals surface area contributed by atoms with E-state index in [9.17, 15) is 4.79 Å². The van der Waals surface area contributed by atoms with Crippen molar-refractivity contribution in [3.8, 4) is 11.6 Å². The van der Waals surface area contributed by atoms with Crippen molar-refractivity contribution >= 4 is 35.2 Å². The third-order valence-corrected chi connectivity index (χ3v) is 12.3. The lowest BCUT2D eigenvalue weighted by atomic mass is 10.0. The van der Waals surface area contributed by atoms with Gasteiger partial charge in [-0.2, -0.15) is 0 Å². The molecular formula is C31H33NO4Si. The summed E-state index contributed by atoms with van der Waals surface area (Å²) < 4.78 is 18.6. The van der Waals surface area contributed by atoms with E-state index in [0.29, 0.717) is 30.2 Å². The molecule has 37 heavy (non-hydrogen) atoms. The van der Waals surface area contributed by atoms with Crippen LogP contribution in [0.3, 0.4) is 0 Å². The van der Waals surface area contributed by atoms with E-state index in [4.69, 9.17) is 18.9 Å². The van der Waals surface area contributed by atoms with Crippen LogP contribution in [0.25, 0.3) is 10.8 Å². The number of ether oxygens (including phenoxy) is 2. The summed E-state index contributed by atoms with van der Waals surface area (Å²) in [5.41, 5.74) is 2.46. The third kappa shape index (κ3) is 4.24. The third-order valence-electron chi connectivity index (χ3n) is 7.33. The zero-order valence-electron chi connectivity index (χ0n) is 22.1. The molecule has 0 atom stereocenters. The summed E-state index contributed by atoms with van der Waals surface area (Å²) >= 11 is 0. The predicted molar refractivity (Wildman–Crippen MR) is 150 cm³/mol. The van der Waals surface area contributed by atoms with E-state index in [1.165, 1.54) is 10.4 Å². The first-order chi connectivity index (χ1) is 17.8. The Hall–Kier alpha value is -3.48. The van der Waals surface area contributed by atoms with Gasteiger partial charge in [-0.15, -0.1) is 0 Å². The molecule has 0 bridgehead atoms. The van der Waals surface area contributed by atoms with E-state index in [2.05, 4.69) is 75.4 Å². The molecule has 3 aromatic carbocycles. The van der Waals surface area contributed by atoms with E-state index in [1.807, 2.05) is 18.2 Å². The standard InChI is InChI=1S/C31H33NO4Si/c1-31(2,3)37(24-12-8-6-9-13-24,25-14-10-7-11-15-25)36-20-23-19-22-18-21-16-17-26(33)27(21)29(34-4)28(22)30(32-23)35-5/h6-15,18-19H,16-17,20H2,1-5H3. The van der Waals surface area contributed by atoms with Crippen LogP contribution in [0.5, 0.6) is 11.6 Å². The largest absolute Gasteiger partial charge is 0.495 e. The van der Waals surface area contributed by atoms with E-state index < -0.39 is 8.32 Å². The van der Waals surface area contributed by atoms with Crippen molar-refractivity contribution in [1.29, 1.82) is 0 Å². The number of nitrogens with zero attached hydrogens (tertiary/aromatic N) is 1. The van der Waals surface area contributed by atoms with Crippen LogP contribution in [0, 0.1) is 0 Å². The molecule has 190 valence electrons. The van der Waals surface area contributed by atoms with Gasteiger partial charge in [-0.05, 0) is 44.9 Å². The molecule has 0 saturated carbocycles. The molecule has 1 heterocycles. The van der Waals surface area contributed by atoms with Crippen LogP contribution in [-0.4, -0.2) is 33.3 Å². The van der Waals surface area contributed by atoms with Gasteiger partial charge in [-0.1, -0.05) is 81.4 Å². The van der Waals surface area contributed by atoms with E-state index in [-0.39, 0.29) is 10.8 Å². The van der Waals surface area contributed by atoms with Gasteiger partial charge in [0.1, 0.15) is 5.75 Å². The lowest BCUT2D eigenvalue weighted by molar-refractivity contribution is 0.0992. The number of aryl methyl sites for hydroxylation is 1. The van der Waals surface area contributed by atoms with Crippen LogP contribution < -0.4 is 19.8 Å². The average Bonchev–Trinajstić information content (AvgIpc) is 3.27. The maximum absolute atomic E-state index is 12.6. The zero-order chi connectivity index (χ0) is 26.2. The Morgan fingerprint density at radius 3 is 2.03 bits per heavy atom. The van der Waals surface area contributed by atoms with Crippen LogP contribution in [-0.2, 0) is 17.5 Å². The highest BCUT2D eigenvalue weighted by Crippen LogP contribution is 2.42. The number of methoxy groups -OCH3 is 2. The molecule has 0 spiro atoms. The van der Waals surface area contributed by atoms with Gasteiger partial charge in [0, 0.05) is 6.42 Å². The highest BCUT2D eigenvalue weighted by Gasteiger charge is 2.50. The molecule has 5 nitrogen and oxygen atoms in total. The number of benzene rings is 3. The first-order valence-electron chi connectivity index (χ1n) is 12.7. The average molecular weight is 512 g/mol. The number of fused-ring (bicyclic) bond motifs is 2. The lowest BCUT2D eigenvalue weighted by Crippen LogP contribution is -2.66. The highest BCUT2D eigenvalue weighted by molar-refractivity contribution is 6.99. The predicted octanol–water partition coefficient (Wildman–Crippen LogP) is 5.46. The summed E-state index contributed by atoms with van der Waals surface area (Å²) in [6.07, 6.45) is 1.22. The van der Waals surface area contributed by atoms with Crippen molar-refractivity contribution in [3.63, 3.8) is 0 Å². The Morgan fingerprint density at radius 1 is 0.865 bits per heavy atom. The minimum atomic E-state index is -2.72. The van der Waals surface area contributed by atoms with Gasteiger partial charge in [0.2, 0.25) is 5.88 Å². The fourth-order valence-corrected chi connectivity index (χ4v) is 10.2. The number of Topliss-reactive ketones (excluding diaryl/α,β-unsaturated/α-hetero) is 1. The molecule has 0 radical (unpaired) electrons. The Labute approximate surface area is 219 Å². The summed E-state index contributed by atoms with van der Waals surface area (Å²) in [6.45, 7) is 7.12. The number of carbonyl (C=O) groups excluding carboxylic acids is 1. The molecule has 0 amide bonds. The Bertz CT molecular complexity index is 1410. The van der Waals surface area contributed by atoms with Crippen LogP contribution in [0.2, 0.25) is 5.04 Å². The van der Waals surface area contributed by atoms with Crippen LogP contribution in [0.4, 0.5) is 0 Å². The number of carbonyl (C=O) groups is 1. The molecule has 1 aromatic heterocycles. The summed E-state index contributed by atoms with van der Waals surface area (Å²) in [4.78, 5) is 17.4. The second kappa shape index (κ2) is 9.76. The molecule has 0 aliphatic heterocycles. The smallest absolute Gasteiger partial charge is 0.261 e. The van der Waals surface area contributed by atoms with Crippen LogP contribution in [0.15, 0.2) is 72.8 Å². The van der Waals surface area contributed by atoms with Gasteiger partial charge < -0.3 is 13.9 Å². The maximum atomic E-state index is 12.6. The fraction of sp³-hybridized carbons (Fsp3) is 0.290. The normalized spacial score (nSPS) is 13.6. The fourth-order valence-electron chi connectivity index (χ4n) is 5.71. The Kier molecular flexibility index (Phi) is 6.64. The molecule has 6 heteroatoms. The van der Waals surface area contributed by atoms with E-state index in [1.54, 1.807) is 14.2 Å². The van der Waals surface area contributed by atoms with Gasteiger partial charge >= 0.3 is 0 Å². The van der Waals surface area contributed by atoms with Gasteiger partial charge in [0.15, 0.2) is 5.78 Å². The molecule has 0 fully saturated rings. The first-order valence-corrected chi connectivity index (χ1v) is 14.6. The summed E-state index contributed by atoms with van der Waals surface area (Å²) in [7, 11) is 0.477.